The normalized spacial score (nSPS) is 17.3. The number of hydrazine groups is 1. The van der Waals surface area contributed by atoms with Crippen molar-refractivity contribution in [3.8, 4) is 0 Å². The molecule has 144 valence electrons. The summed E-state index contributed by atoms with van der Waals surface area (Å²) in [7, 11) is 0. The number of carbonyl (C=O) groups is 1. The minimum Gasteiger partial charge on any atom is -0.396 e. The minimum atomic E-state index is -0.398. The first-order valence-corrected chi connectivity index (χ1v) is 9.41. The Morgan fingerprint density at radius 1 is 1.00 bits per heavy atom. The number of carbonyl (C=O) groups excluding carboxylic acids is 1. The lowest BCUT2D eigenvalue weighted by atomic mass is 9.85. The first-order chi connectivity index (χ1) is 13.2. The number of nitrogens with zero attached hydrogens (tertiary/aromatic N) is 2. The monoisotopic (exact) mass is 368 g/mol. The topological polar surface area (TPSA) is 81.8 Å². The zero-order valence-electron chi connectivity index (χ0n) is 15.5. The molecule has 1 aliphatic heterocycles. The average Bonchev–Trinajstić information content (AvgIpc) is 2.75. The van der Waals surface area contributed by atoms with Crippen molar-refractivity contribution in [2.75, 3.05) is 44.2 Å². The van der Waals surface area contributed by atoms with Crippen molar-refractivity contribution < 1.29 is 9.90 Å². The highest BCUT2D eigenvalue weighted by molar-refractivity contribution is 5.79. The van der Waals surface area contributed by atoms with E-state index in [0.717, 1.165) is 31.7 Å². The Bertz CT molecular complexity index is 703. The fourth-order valence-corrected chi connectivity index (χ4v) is 3.77. The van der Waals surface area contributed by atoms with E-state index in [1.54, 1.807) is 0 Å². The number of rotatable bonds is 7. The summed E-state index contributed by atoms with van der Waals surface area (Å²) in [5.74, 6) is 4.53. The predicted octanol–water partition coefficient (Wildman–Crippen LogP) is 1.19. The quantitative estimate of drug-likeness (QED) is 0.389. The van der Waals surface area contributed by atoms with Gasteiger partial charge in [0.15, 0.2) is 0 Å². The van der Waals surface area contributed by atoms with E-state index in [0.29, 0.717) is 6.54 Å². The molecule has 1 fully saturated rings. The summed E-state index contributed by atoms with van der Waals surface area (Å²) in [5, 5.41) is 9.97. The maximum absolute atomic E-state index is 12.5. The van der Waals surface area contributed by atoms with Crippen LogP contribution in [0.2, 0.25) is 0 Å². The van der Waals surface area contributed by atoms with Crippen molar-refractivity contribution in [1.29, 1.82) is 0 Å². The number of hydrogen-bond donors (Lipinski definition) is 3. The highest BCUT2D eigenvalue weighted by atomic mass is 16.3. The molecule has 0 spiro atoms. The lowest BCUT2D eigenvalue weighted by molar-refractivity contribution is -0.127. The predicted molar refractivity (Wildman–Crippen MR) is 107 cm³/mol. The Kier molecular flexibility index (Phi) is 6.81. The second-order valence-corrected chi connectivity index (χ2v) is 6.94. The summed E-state index contributed by atoms with van der Waals surface area (Å²) in [6, 6.07) is 20.0. The molecule has 0 aliphatic carbocycles. The molecule has 27 heavy (non-hydrogen) atoms. The van der Waals surface area contributed by atoms with Crippen molar-refractivity contribution >= 4 is 11.6 Å². The van der Waals surface area contributed by atoms with E-state index >= 15 is 0 Å². The van der Waals surface area contributed by atoms with Crippen LogP contribution in [0.25, 0.3) is 0 Å². The third-order valence-corrected chi connectivity index (χ3v) is 5.34. The zero-order valence-corrected chi connectivity index (χ0v) is 15.5. The van der Waals surface area contributed by atoms with Gasteiger partial charge in [0.1, 0.15) is 0 Å². The molecule has 2 aromatic carbocycles. The van der Waals surface area contributed by atoms with Crippen molar-refractivity contribution in [2.24, 2.45) is 11.8 Å². The van der Waals surface area contributed by atoms with Gasteiger partial charge < -0.3 is 10.0 Å². The second kappa shape index (κ2) is 9.50. The van der Waals surface area contributed by atoms with Crippen LogP contribution in [0, 0.1) is 5.92 Å². The van der Waals surface area contributed by atoms with E-state index in [4.69, 9.17) is 5.84 Å². The number of benzene rings is 2. The van der Waals surface area contributed by atoms with Gasteiger partial charge in [-0.25, -0.2) is 5.84 Å². The molecular formula is C21H28N4O2. The Morgan fingerprint density at radius 2 is 1.59 bits per heavy atom. The van der Waals surface area contributed by atoms with E-state index in [1.165, 1.54) is 5.69 Å². The number of aliphatic hydroxyl groups excluding tert-OH is 1. The molecule has 1 amide bonds. The van der Waals surface area contributed by atoms with Crippen molar-refractivity contribution in [2.45, 2.75) is 5.92 Å². The zero-order chi connectivity index (χ0) is 19.1. The van der Waals surface area contributed by atoms with Gasteiger partial charge in [-0.05, 0) is 17.7 Å². The van der Waals surface area contributed by atoms with E-state index in [9.17, 15) is 9.90 Å². The van der Waals surface area contributed by atoms with Crippen LogP contribution in [-0.4, -0.2) is 55.2 Å². The summed E-state index contributed by atoms with van der Waals surface area (Å²) >= 11 is 0. The highest BCUT2D eigenvalue weighted by Gasteiger charge is 2.31. The van der Waals surface area contributed by atoms with Gasteiger partial charge >= 0.3 is 0 Å². The van der Waals surface area contributed by atoms with Crippen molar-refractivity contribution in [1.82, 2.24) is 10.3 Å². The molecule has 1 aliphatic rings. The first-order valence-electron chi connectivity index (χ1n) is 9.41. The smallest absolute Gasteiger partial charge is 0.238 e. The Hall–Kier alpha value is -2.41. The minimum absolute atomic E-state index is 0.0912. The molecular weight excluding hydrogens is 340 g/mol. The molecule has 2 unspecified atom stereocenters. The number of amides is 1. The van der Waals surface area contributed by atoms with Crippen LogP contribution >= 0.6 is 0 Å². The van der Waals surface area contributed by atoms with E-state index < -0.39 is 5.92 Å². The van der Waals surface area contributed by atoms with Crippen LogP contribution in [0.15, 0.2) is 60.7 Å². The largest absolute Gasteiger partial charge is 0.396 e. The van der Waals surface area contributed by atoms with Gasteiger partial charge in [0.25, 0.3) is 0 Å². The number of para-hydroxylation sites is 1. The summed E-state index contributed by atoms with van der Waals surface area (Å²) in [6.45, 7) is 4.05. The van der Waals surface area contributed by atoms with Gasteiger partial charge in [-0.15, -0.1) is 0 Å². The molecule has 2 aromatic rings. The summed E-state index contributed by atoms with van der Waals surface area (Å²) in [6.07, 6.45) is 0. The van der Waals surface area contributed by atoms with Crippen LogP contribution in [0.5, 0.6) is 0 Å². The lowest BCUT2D eigenvalue weighted by Crippen LogP contribution is -2.51. The van der Waals surface area contributed by atoms with Gasteiger partial charge in [0.05, 0.1) is 12.5 Å². The molecule has 6 nitrogen and oxygen atoms in total. The van der Waals surface area contributed by atoms with Crippen LogP contribution in [0.1, 0.15) is 11.5 Å². The summed E-state index contributed by atoms with van der Waals surface area (Å²) in [4.78, 5) is 17.1. The Balaban J connectivity index is 1.66. The molecule has 0 radical (unpaired) electrons. The van der Waals surface area contributed by atoms with Crippen LogP contribution in [0.4, 0.5) is 5.69 Å². The number of piperazine rings is 1. The molecule has 6 heteroatoms. The molecule has 3 rings (SSSR count). The number of anilines is 1. The Labute approximate surface area is 160 Å². The van der Waals surface area contributed by atoms with E-state index in [-0.39, 0.29) is 18.4 Å². The fraction of sp³-hybridized carbons (Fsp3) is 0.381. The molecule has 0 saturated carbocycles. The fourth-order valence-electron chi connectivity index (χ4n) is 3.77. The number of nitrogens with two attached hydrogens (primary N) is 1. The van der Waals surface area contributed by atoms with Gasteiger partial charge in [0, 0.05) is 44.3 Å². The molecule has 1 heterocycles. The SMILES string of the molecule is NNC(=O)C(CN1CCN(c2ccccc2)CC1)C(CO)c1ccccc1. The average molecular weight is 368 g/mol. The van der Waals surface area contributed by atoms with E-state index in [2.05, 4.69) is 39.5 Å². The van der Waals surface area contributed by atoms with Gasteiger partial charge in [-0.3, -0.25) is 15.1 Å². The summed E-state index contributed by atoms with van der Waals surface area (Å²) < 4.78 is 0. The standard InChI is InChI=1S/C21H28N4O2/c22-23-21(27)19(20(16-26)17-7-3-1-4-8-17)15-24-11-13-25(14-12-24)18-9-5-2-6-10-18/h1-10,19-20,26H,11-16,22H2,(H,23,27). The van der Waals surface area contributed by atoms with E-state index in [1.807, 2.05) is 36.4 Å². The first kappa shape index (κ1) is 19.4. The molecule has 0 aromatic heterocycles. The van der Waals surface area contributed by atoms with Crippen LogP contribution in [-0.2, 0) is 4.79 Å². The van der Waals surface area contributed by atoms with Crippen molar-refractivity contribution in [3.05, 3.63) is 66.2 Å². The van der Waals surface area contributed by atoms with Crippen molar-refractivity contribution in [3.63, 3.8) is 0 Å². The van der Waals surface area contributed by atoms with Crippen LogP contribution in [0.3, 0.4) is 0 Å². The summed E-state index contributed by atoms with van der Waals surface area (Å²) in [5.41, 5.74) is 4.47. The number of hydrogen-bond acceptors (Lipinski definition) is 5. The third kappa shape index (κ3) is 4.86. The maximum Gasteiger partial charge on any atom is 0.238 e. The number of aliphatic hydroxyl groups is 1. The highest BCUT2D eigenvalue weighted by Crippen LogP contribution is 2.26. The molecule has 2 atom stereocenters. The third-order valence-electron chi connectivity index (χ3n) is 5.34. The van der Waals surface area contributed by atoms with Crippen LogP contribution < -0.4 is 16.2 Å². The van der Waals surface area contributed by atoms with Gasteiger partial charge in [-0.1, -0.05) is 48.5 Å². The second-order valence-electron chi connectivity index (χ2n) is 6.94. The molecule has 4 N–H and O–H groups in total. The van der Waals surface area contributed by atoms with Gasteiger partial charge in [-0.2, -0.15) is 0 Å². The number of nitrogens with one attached hydrogen (secondary N) is 1. The molecule has 0 bridgehead atoms. The van der Waals surface area contributed by atoms with Gasteiger partial charge in [0.2, 0.25) is 5.91 Å². The maximum atomic E-state index is 12.5. The molecule has 1 saturated heterocycles. The lowest BCUT2D eigenvalue weighted by Gasteiger charge is -2.38. The Morgan fingerprint density at radius 3 is 2.15 bits per heavy atom.